The highest BCUT2D eigenvalue weighted by Crippen LogP contribution is 2.26. The first kappa shape index (κ1) is 31.6. The van der Waals surface area contributed by atoms with Crippen molar-refractivity contribution in [3.63, 3.8) is 0 Å². The lowest BCUT2D eigenvalue weighted by Crippen LogP contribution is -2.54. The van der Waals surface area contributed by atoms with Gasteiger partial charge in [-0.15, -0.1) is 0 Å². The van der Waals surface area contributed by atoms with E-state index in [-0.39, 0.29) is 24.0 Å². The molecule has 0 saturated carbocycles. The molecule has 228 valence electrons. The number of nitrogens with zero attached hydrogens (tertiary/aromatic N) is 2. The van der Waals surface area contributed by atoms with Crippen molar-refractivity contribution in [3.8, 4) is 0 Å². The number of amides is 2. The van der Waals surface area contributed by atoms with E-state index < -0.39 is 40.1 Å². The second-order valence-electron chi connectivity index (χ2n) is 10.1. The largest absolute Gasteiger partial charge is 0.480 e. The number of pyridine rings is 1. The fourth-order valence-electron chi connectivity index (χ4n) is 4.62. The fraction of sp³-hybridized carbons (Fsp3) is 0.333. The minimum Gasteiger partial charge on any atom is -0.480 e. The number of aliphatic carboxylic acids is 1. The predicted molar refractivity (Wildman–Crippen MR) is 160 cm³/mol. The van der Waals surface area contributed by atoms with E-state index in [9.17, 15) is 27.9 Å². The van der Waals surface area contributed by atoms with Crippen LogP contribution >= 0.6 is 0 Å². The molecule has 1 aliphatic rings. The number of carbonyl (C=O) groups is 3. The first-order valence-corrected chi connectivity index (χ1v) is 15.3. The Bertz CT molecular complexity index is 1490. The van der Waals surface area contributed by atoms with Crippen LogP contribution in [0.2, 0.25) is 0 Å². The van der Waals surface area contributed by atoms with E-state index in [4.69, 9.17) is 4.74 Å². The predicted octanol–water partition coefficient (Wildman–Crippen LogP) is 2.85. The van der Waals surface area contributed by atoms with Crippen LogP contribution in [-0.2, 0) is 35.6 Å². The monoisotopic (exact) mass is 609 g/mol. The van der Waals surface area contributed by atoms with Gasteiger partial charge in [-0.2, -0.15) is 4.31 Å². The highest BCUT2D eigenvalue weighted by Gasteiger charge is 2.45. The molecule has 4 N–H and O–H groups in total. The van der Waals surface area contributed by atoms with E-state index >= 15 is 0 Å². The number of carbonyl (C=O) groups excluding carboxylic acids is 2. The third kappa shape index (κ3) is 8.60. The average molecular weight is 610 g/mol. The number of aromatic nitrogens is 1. The lowest BCUT2D eigenvalue weighted by Gasteiger charge is -2.25. The first-order chi connectivity index (χ1) is 20.6. The number of anilines is 2. The normalized spacial score (nSPS) is 17.6. The quantitative estimate of drug-likeness (QED) is 0.201. The summed E-state index contributed by atoms with van der Waals surface area (Å²) in [6, 6.07) is 17.4. The third-order valence-corrected chi connectivity index (χ3v) is 8.75. The van der Waals surface area contributed by atoms with Gasteiger partial charge in [0.1, 0.15) is 24.6 Å². The fourth-order valence-corrected chi connectivity index (χ4v) is 6.16. The van der Waals surface area contributed by atoms with Crippen LogP contribution in [0.1, 0.15) is 31.7 Å². The van der Waals surface area contributed by atoms with Crippen molar-refractivity contribution < 1.29 is 32.6 Å². The number of nitrogens with one attached hydrogen (secondary N) is 3. The zero-order valence-corrected chi connectivity index (χ0v) is 24.5. The number of sulfonamides is 1. The van der Waals surface area contributed by atoms with E-state index in [1.165, 1.54) is 12.1 Å². The molecule has 1 aromatic heterocycles. The van der Waals surface area contributed by atoms with Gasteiger partial charge >= 0.3 is 5.97 Å². The Morgan fingerprint density at radius 3 is 2.42 bits per heavy atom. The molecule has 3 aromatic rings. The molecule has 3 atom stereocenters. The van der Waals surface area contributed by atoms with E-state index in [0.29, 0.717) is 30.6 Å². The van der Waals surface area contributed by atoms with Gasteiger partial charge in [-0.25, -0.2) is 18.2 Å². The van der Waals surface area contributed by atoms with Crippen molar-refractivity contribution in [2.24, 2.45) is 0 Å². The molecular formula is C30H35N5O7S. The summed E-state index contributed by atoms with van der Waals surface area (Å²) in [5.41, 5.74) is 1.17. The second-order valence-corrected chi connectivity index (χ2v) is 12.0. The molecule has 0 bridgehead atoms. The maximum atomic E-state index is 13.2. The van der Waals surface area contributed by atoms with Crippen molar-refractivity contribution >= 4 is 39.3 Å². The van der Waals surface area contributed by atoms with Crippen molar-refractivity contribution in [2.45, 2.75) is 55.7 Å². The SMILES string of the molecule is CC1OCN(S(=O)(=O)c2ccccc2)[C@@H]1C(=O)N[C@@H](Cc1ccc(NC(=O)CCCCNc2ccccn2)cc1)C(=O)O. The van der Waals surface area contributed by atoms with Gasteiger partial charge in [0, 0.05) is 31.3 Å². The standard InChI is InChI=1S/C30H35N5O7S/c1-21-28(35(20-42-21)43(40,41)24-9-3-2-4-10-24)29(37)34-25(30(38)39)19-22-13-15-23(16-14-22)33-27(36)12-6-8-18-32-26-11-5-7-17-31-26/h2-5,7,9-11,13-17,21,25,28H,6,8,12,18-20H2,1H3,(H,31,32)(H,33,36)(H,34,37)(H,38,39)/t21?,25-,28-/m0/s1. The molecule has 12 nitrogen and oxygen atoms in total. The minimum atomic E-state index is -4.06. The molecule has 1 fully saturated rings. The van der Waals surface area contributed by atoms with Crippen LogP contribution < -0.4 is 16.0 Å². The van der Waals surface area contributed by atoms with Crippen LogP contribution in [0.5, 0.6) is 0 Å². The van der Waals surface area contributed by atoms with Crippen LogP contribution in [0.25, 0.3) is 0 Å². The van der Waals surface area contributed by atoms with Crippen molar-refractivity contribution in [1.29, 1.82) is 0 Å². The summed E-state index contributed by atoms with van der Waals surface area (Å²) in [6.45, 7) is 1.93. The molecule has 4 rings (SSSR count). The van der Waals surface area contributed by atoms with Crippen LogP contribution in [-0.4, -0.2) is 72.1 Å². The summed E-state index contributed by atoms with van der Waals surface area (Å²) in [7, 11) is -4.06. The molecule has 2 aromatic carbocycles. The molecule has 2 amide bonds. The molecule has 0 aliphatic carbocycles. The summed E-state index contributed by atoms with van der Waals surface area (Å²) < 4.78 is 32.7. The highest BCUT2D eigenvalue weighted by atomic mass is 32.2. The lowest BCUT2D eigenvalue weighted by molar-refractivity contribution is -0.142. The Morgan fingerprint density at radius 1 is 1.02 bits per heavy atom. The van der Waals surface area contributed by atoms with Gasteiger partial charge in [-0.3, -0.25) is 9.59 Å². The number of hydrogen-bond donors (Lipinski definition) is 4. The summed E-state index contributed by atoms with van der Waals surface area (Å²) in [5, 5.41) is 18.3. The van der Waals surface area contributed by atoms with Crippen molar-refractivity contribution in [2.75, 3.05) is 23.9 Å². The first-order valence-electron chi connectivity index (χ1n) is 13.9. The van der Waals surface area contributed by atoms with Gasteiger partial charge in [0.25, 0.3) is 0 Å². The third-order valence-electron chi connectivity index (χ3n) is 6.93. The summed E-state index contributed by atoms with van der Waals surface area (Å²) in [6.07, 6.45) is 2.71. The van der Waals surface area contributed by atoms with Crippen LogP contribution in [0.15, 0.2) is 83.9 Å². The molecule has 1 aliphatic heterocycles. The van der Waals surface area contributed by atoms with Gasteiger partial charge < -0.3 is 25.8 Å². The van der Waals surface area contributed by atoms with Gasteiger partial charge in [0.15, 0.2) is 0 Å². The number of benzene rings is 2. The molecule has 1 saturated heterocycles. The Balaban J connectivity index is 1.28. The van der Waals surface area contributed by atoms with Gasteiger partial charge in [-0.1, -0.05) is 36.4 Å². The number of hydrogen-bond acceptors (Lipinski definition) is 8. The molecular weight excluding hydrogens is 574 g/mol. The van der Waals surface area contributed by atoms with Crippen molar-refractivity contribution in [3.05, 3.63) is 84.6 Å². The van der Waals surface area contributed by atoms with Gasteiger partial charge in [0.05, 0.1) is 11.0 Å². The van der Waals surface area contributed by atoms with E-state index in [0.717, 1.165) is 16.5 Å². The lowest BCUT2D eigenvalue weighted by atomic mass is 10.0. The van der Waals surface area contributed by atoms with Gasteiger partial charge in [-0.05, 0) is 61.7 Å². The zero-order chi connectivity index (χ0) is 30.8. The Morgan fingerprint density at radius 2 is 1.74 bits per heavy atom. The van der Waals surface area contributed by atoms with E-state index in [1.54, 1.807) is 55.6 Å². The number of unbranched alkanes of at least 4 members (excludes halogenated alkanes) is 1. The molecule has 13 heteroatoms. The van der Waals surface area contributed by atoms with Crippen LogP contribution in [0.3, 0.4) is 0 Å². The number of carboxylic acids is 1. The van der Waals surface area contributed by atoms with Crippen LogP contribution in [0.4, 0.5) is 11.5 Å². The Hall–Kier alpha value is -4.33. The maximum absolute atomic E-state index is 13.2. The topological polar surface area (TPSA) is 167 Å². The molecule has 0 spiro atoms. The number of ether oxygens (including phenoxy) is 1. The zero-order valence-electron chi connectivity index (χ0n) is 23.7. The molecule has 43 heavy (non-hydrogen) atoms. The maximum Gasteiger partial charge on any atom is 0.326 e. The van der Waals surface area contributed by atoms with Gasteiger partial charge in [0.2, 0.25) is 21.8 Å². The number of rotatable bonds is 14. The van der Waals surface area contributed by atoms with E-state index in [1.807, 2.05) is 18.2 Å². The number of carboxylic acid groups (broad SMARTS) is 1. The summed E-state index contributed by atoms with van der Waals surface area (Å²) in [5.74, 6) is -1.38. The average Bonchev–Trinajstić information content (AvgIpc) is 3.40. The Labute approximate surface area is 250 Å². The second kappa shape index (κ2) is 14.7. The molecule has 2 heterocycles. The van der Waals surface area contributed by atoms with Crippen molar-refractivity contribution in [1.82, 2.24) is 14.6 Å². The van der Waals surface area contributed by atoms with Crippen LogP contribution in [0, 0.1) is 0 Å². The summed E-state index contributed by atoms with van der Waals surface area (Å²) in [4.78, 5) is 41.8. The Kier molecular flexibility index (Phi) is 10.8. The summed E-state index contributed by atoms with van der Waals surface area (Å²) >= 11 is 0. The molecule has 0 radical (unpaired) electrons. The highest BCUT2D eigenvalue weighted by molar-refractivity contribution is 7.89. The smallest absolute Gasteiger partial charge is 0.326 e. The minimum absolute atomic E-state index is 0.00471. The van der Waals surface area contributed by atoms with E-state index in [2.05, 4.69) is 20.9 Å². The molecule has 1 unspecified atom stereocenters.